The van der Waals surface area contributed by atoms with Gasteiger partial charge in [-0.25, -0.2) is 5.48 Å². The minimum absolute atomic E-state index is 0.266. The molecule has 3 amide bonds. The van der Waals surface area contributed by atoms with Crippen molar-refractivity contribution >= 4 is 17.7 Å². The van der Waals surface area contributed by atoms with Crippen molar-refractivity contribution in [3.05, 3.63) is 65.2 Å². The van der Waals surface area contributed by atoms with Crippen LogP contribution in [0.1, 0.15) is 27.9 Å². The molecule has 1 aliphatic rings. The lowest BCUT2D eigenvalue weighted by molar-refractivity contribution is -0.140. The predicted molar refractivity (Wildman–Crippen MR) is 136 cm³/mol. The second-order valence-electron chi connectivity index (χ2n) is 8.42. The summed E-state index contributed by atoms with van der Waals surface area (Å²) in [6.45, 7) is 5.03. The molecule has 3 rings (SSSR count). The van der Waals surface area contributed by atoms with E-state index in [9.17, 15) is 14.4 Å². The molecule has 0 radical (unpaired) electrons. The number of hydrogen-bond acceptors (Lipinski definition) is 7. The highest BCUT2D eigenvalue weighted by Gasteiger charge is 2.33. The number of hydroxylamine groups is 1. The van der Waals surface area contributed by atoms with Crippen molar-refractivity contribution in [1.82, 2.24) is 20.6 Å². The SMILES string of the molecule is CNC(=O)C(C(=O)NO)N(C)C(=O)c1ccc(C#Cc2ccc(OCCN3CCCOCC3)cc2)cc1. The maximum absolute atomic E-state index is 12.8. The van der Waals surface area contributed by atoms with Crippen molar-refractivity contribution in [2.24, 2.45) is 0 Å². The van der Waals surface area contributed by atoms with E-state index in [4.69, 9.17) is 14.7 Å². The summed E-state index contributed by atoms with van der Waals surface area (Å²) in [6.07, 6.45) is 1.05. The van der Waals surface area contributed by atoms with E-state index in [1.165, 1.54) is 19.6 Å². The van der Waals surface area contributed by atoms with Crippen LogP contribution in [0.3, 0.4) is 0 Å². The summed E-state index contributed by atoms with van der Waals surface area (Å²) in [6, 6.07) is 12.5. The van der Waals surface area contributed by atoms with Crippen LogP contribution in [0.15, 0.2) is 48.5 Å². The molecule has 10 heteroatoms. The normalized spacial score (nSPS) is 14.4. The fourth-order valence-corrected chi connectivity index (χ4v) is 3.78. The minimum Gasteiger partial charge on any atom is -0.492 e. The van der Waals surface area contributed by atoms with Crippen LogP contribution in [0, 0.1) is 11.8 Å². The molecule has 3 N–H and O–H groups in total. The maximum Gasteiger partial charge on any atom is 0.275 e. The van der Waals surface area contributed by atoms with Crippen molar-refractivity contribution < 1.29 is 29.1 Å². The van der Waals surface area contributed by atoms with Gasteiger partial charge in [0.1, 0.15) is 12.4 Å². The lowest BCUT2D eigenvalue weighted by atomic mass is 10.1. The number of ether oxygens (including phenoxy) is 2. The molecule has 1 heterocycles. The van der Waals surface area contributed by atoms with Crippen LogP contribution in [-0.2, 0) is 14.3 Å². The molecule has 0 aromatic heterocycles. The summed E-state index contributed by atoms with van der Waals surface area (Å²) in [5.74, 6) is 4.62. The summed E-state index contributed by atoms with van der Waals surface area (Å²) in [4.78, 5) is 39.9. The zero-order valence-electron chi connectivity index (χ0n) is 21.0. The van der Waals surface area contributed by atoms with E-state index in [2.05, 4.69) is 22.1 Å². The van der Waals surface area contributed by atoms with Gasteiger partial charge in [-0.15, -0.1) is 0 Å². The fraction of sp³-hybridized carbons (Fsp3) is 0.370. The Kier molecular flexibility index (Phi) is 10.5. The van der Waals surface area contributed by atoms with E-state index in [-0.39, 0.29) is 5.56 Å². The summed E-state index contributed by atoms with van der Waals surface area (Å²) < 4.78 is 11.3. The zero-order valence-corrected chi connectivity index (χ0v) is 21.0. The second-order valence-corrected chi connectivity index (χ2v) is 8.42. The Hall–Kier alpha value is -3.91. The van der Waals surface area contributed by atoms with E-state index < -0.39 is 23.8 Å². The van der Waals surface area contributed by atoms with Gasteiger partial charge in [-0.1, -0.05) is 11.8 Å². The van der Waals surface area contributed by atoms with E-state index in [1.807, 2.05) is 24.3 Å². The molecular weight excluding hydrogens is 476 g/mol. The number of amides is 3. The lowest BCUT2D eigenvalue weighted by Crippen LogP contribution is -2.54. The van der Waals surface area contributed by atoms with E-state index >= 15 is 0 Å². The number of carbonyl (C=O) groups excluding carboxylic acids is 3. The predicted octanol–water partition coefficient (Wildman–Crippen LogP) is 0.880. The van der Waals surface area contributed by atoms with Gasteiger partial charge in [-0.2, -0.15) is 0 Å². The number of nitrogens with zero attached hydrogens (tertiary/aromatic N) is 2. The standard InChI is InChI=1S/C27H32N4O6/c1-28-25(32)24(26(33)29-35)30(2)27(34)22-10-6-20(7-11-22)4-5-21-8-12-23(13-9-21)37-19-16-31-14-3-17-36-18-15-31/h6-13,24,35H,3,14-19H2,1-2H3,(H,28,32)(H,29,33). The molecule has 0 saturated carbocycles. The van der Waals surface area contributed by atoms with Crippen LogP contribution < -0.4 is 15.5 Å². The third-order valence-electron chi connectivity index (χ3n) is 5.89. The van der Waals surface area contributed by atoms with Gasteiger partial charge < -0.3 is 19.7 Å². The Morgan fingerprint density at radius 3 is 2.30 bits per heavy atom. The van der Waals surface area contributed by atoms with Crippen molar-refractivity contribution in [1.29, 1.82) is 0 Å². The molecule has 1 atom stereocenters. The largest absolute Gasteiger partial charge is 0.492 e. The average Bonchev–Trinajstić information content (AvgIpc) is 3.21. The van der Waals surface area contributed by atoms with Crippen LogP contribution in [0.5, 0.6) is 5.75 Å². The van der Waals surface area contributed by atoms with Crippen molar-refractivity contribution in [2.45, 2.75) is 12.5 Å². The van der Waals surface area contributed by atoms with Crippen LogP contribution in [-0.4, -0.2) is 92.3 Å². The number of carbonyl (C=O) groups is 3. The Morgan fingerprint density at radius 1 is 1.03 bits per heavy atom. The molecule has 1 fully saturated rings. The van der Waals surface area contributed by atoms with Gasteiger partial charge >= 0.3 is 0 Å². The Bertz CT molecular complexity index is 1100. The second kappa shape index (κ2) is 14.0. The van der Waals surface area contributed by atoms with E-state index in [0.717, 1.165) is 55.5 Å². The first-order valence-corrected chi connectivity index (χ1v) is 12.0. The number of rotatable bonds is 8. The van der Waals surface area contributed by atoms with Crippen molar-refractivity contribution in [2.75, 3.05) is 53.6 Å². The molecule has 2 aromatic rings. The fourth-order valence-electron chi connectivity index (χ4n) is 3.78. The molecule has 0 bridgehead atoms. The maximum atomic E-state index is 12.8. The van der Waals surface area contributed by atoms with Crippen LogP contribution in [0.4, 0.5) is 0 Å². The van der Waals surface area contributed by atoms with Crippen molar-refractivity contribution in [3.8, 4) is 17.6 Å². The highest BCUT2D eigenvalue weighted by molar-refractivity contribution is 6.08. The molecule has 196 valence electrons. The first-order chi connectivity index (χ1) is 17.9. The molecular formula is C27H32N4O6. The Balaban J connectivity index is 1.55. The van der Waals surface area contributed by atoms with Gasteiger partial charge in [0.25, 0.3) is 17.7 Å². The molecule has 0 aliphatic carbocycles. The van der Waals surface area contributed by atoms with Crippen LogP contribution >= 0.6 is 0 Å². The summed E-state index contributed by atoms with van der Waals surface area (Å²) in [7, 11) is 2.64. The first kappa shape index (κ1) is 27.7. The molecule has 2 aromatic carbocycles. The van der Waals surface area contributed by atoms with Gasteiger partial charge in [0.05, 0.1) is 6.61 Å². The molecule has 1 aliphatic heterocycles. The number of hydrogen-bond donors (Lipinski definition) is 3. The minimum atomic E-state index is -1.52. The van der Waals surface area contributed by atoms with E-state index in [1.54, 1.807) is 24.3 Å². The van der Waals surface area contributed by atoms with E-state index in [0.29, 0.717) is 12.2 Å². The lowest BCUT2D eigenvalue weighted by Gasteiger charge is -2.25. The topological polar surface area (TPSA) is 120 Å². The summed E-state index contributed by atoms with van der Waals surface area (Å²) in [5, 5.41) is 11.2. The average molecular weight is 509 g/mol. The van der Waals surface area contributed by atoms with Gasteiger partial charge in [-0.3, -0.25) is 24.5 Å². The Labute approximate surface area is 216 Å². The monoisotopic (exact) mass is 508 g/mol. The molecule has 10 nitrogen and oxygen atoms in total. The zero-order chi connectivity index (χ0) is 26.6. The van der Waals surface area contributed by atoms with Crippen LogP contribution in [0.2, 0.25) is 0 Å². The van der Waals surface area contributed by atoms with Gasteiger partial charge in [0.2, 0.25) is 0 Å². The van der Waals surface area contributed by atoms with Gasteiger partial charge in [0.15, 0.2) is 6.04 Å². The van der Waals surface area contributed by atoms with Crippen molar-refractivity contribution in [3.63, 3.8) is 0 Å². The van der Waals surface area contributed by atoms with Gasteiger partial charge in [-0.05, 0) is 55.0 Å². The highest BCUT2D eigenvalue weighted by Crippen LogP contribution is 2.13. The van der Waals surface area contributed by atoms with Crippen LogP contribution in [0.25, 0.3) is 0 Å². The summed E-state index contributed by atoms with van der Waals surface area (Å²) >= 11 is 0. The third-order valence-corrected chi connectivity index (χ3v) is 5.89. The Morgan fingerprint density at radius 2 is 1.68 bits per heavy atom. The molecule has 37 heavy (non-hydrogen) atoms. The smallest absolute Gasteiger partial charge is 0.275 e. The molecule has 1 unspecified atom stereocenters. The van der Waals surface area contributed by atoms with Gasteiger partial charge in [0, 0.05) is 57.0 Å². The quantitative estimate of drug-likeness (QED) is 0.210. The number of nitrogens with one attached hydrogen (secondary N) is 2. The summed E-state index contributed by atoms with van der Waals surface area (Å²) in [5.41, 5.74) is 3.19. The molecule has 0 spiro atoms. The number of likely N-dealkylation sites (N-methyl/N-ethyl adjacent to an activating group) is 2. The highest BCUT2D eigenvalue weighted by atomic mass is 16.5. The number of benzene rings is 2. The molecule has 1 saturated heterocycles. The first-order valence-electron chi connectivity index (χ1n) is 12.0. The third kappa shape index (κ3) is 8.05.